The SMILES string of the molecule is Nc1[c]cnn1-c1ccccc1. The second-order valence-corrected chi connectivity index (χ2v) is 2.42. The first kappa shape index (κ1) is 6.91. The average molecular weight is 158 g/mol. The van der Waals surface area contributed by atoms with Gasteiger partial charge in [-0.3, -0.25) is 0 Å². The summed E-state index contributed by atoms with van der Waals surface area (Å²) in [6.45, 7) is 0. The Kier molecular flexibility index (Phi) is 1.55. The molecule has 0 bridgehead atoms. The lowest BCUT2D eigenvalue weighted by molar-refractivity contribution is 0.891. The Morgan fingerprint density at radius 2 is 2.00 bits per heavy atom. The molecule has 12 heavy (non-hydrogen) atoms. The molecule has 0 amide bonds. The molecule has 0 saturated carbocycles. The smallest absolute Gasteiger partial charge is 0.135 e. The first-order valence-electron chi connectivity index (χ1n) is 3.64. The molecule has 3 heteroatoms. The molecule has 3 nitrogen and oxygen atoms in total. The number of nitrogen functional groups attached to an aromatic ring is 1. The third kappa shape index (κ3) is 1.05. The fourth-order valence-corrected chi connectivity index (χ4v) is 1.05. The second-order valence-electron chi connectivity index (χ2n) is 2.42. The van der Waals surface area contributed by atoms with Crippen molar-refractivity contribution in [1.82, 2.24) is 9.78 Å². The molecule has 2 rings (SSSR count). The molecule has 1 aromatic carbocycles. The quantitative estimate of drug-likeness (QED) is 0.678. The molecule has 0 aliphatic rings. The summed E-state index contributed by atoms with van der Waals surface area (Å²) in [6.07, 6.45) is 1.56. The van der Waals surface area contributed by atoms with E-state index in [0.29, 0.717) is 5.82 Å². The van der Waals surface area contributed by atoms with Crippen molar-refractivity contribution in [3.05, 3.63) is 42.6 Å². The zero-order valence-electron chi connectivity index (χ0n) is 6.44. The molecule has 0 aliphatic heterocycles. The fourth-order valence-electron chi connectivity index (χ4n) is 1.05. The van der Waals surface area contributed by atoms with Crippen LogP contribution in [0.15, 0.2) is 36.5 Å². The van der Waals surface area contributed by atoms with Crippen LogP contribution in [0.1, 0.15) is 0 Å². The topological polar surface area (TPSA) is 43.8 Å². The zero-order valence-corrected chi connectivity index (χ0v) is 6.44. The predicted molar refractivity (Wildman–Crippen MR) is 46.8 cm³/mol. The van der Waals surface area contributed by atoms with E-state index in [4.69, 9.17) is 5.73 Å². The van der Waals surface area contributed by atoms with Crippen molar-refractivity contribution in [3.63, 3.8) is 0 Å². The van der Waals surface area contributed by atoms with Gasteiger partial charge in [0.25, 0.3) is 0 Å². The van der Waals surface area contributed by atoms with Crippen LogP contribution in [-0.2, 0) is 0 Å². The molecule has 2 N–H and O–H groups in total. The van der Waals surface area contributed by atoms with Crippen LogP contribution in [0.2, 0.25) is 0 Å². The first-order valence-corrected chi connectivity index (χ1v) is 3.64. The molecule has 1 radical (unpaired) electrons. The summed E-state index contributed by atoms with van der Waals surface area (Å²) in [7, 11) is 0. The van der Waals surface area contributed by atoms with Crippen molar-refractivity contribution in [1.29, 1.82) is 0 Å². The van der Waals surface area contributed by atoms with Gasteiger partial charge in [0.05, 0.1) is 11.9 Å². The van der Waals surface area contributed by atoms with Crippen LogP contribution < -0.4 is 5.73 Å². The minimum atomic E-state index is 0.529. The molecule has 59 valence electrons. The van der Waals surface area contributed by atoms with Gasteiger partial charge < -0.3 is 5.73 Å². The van der Waals surface area contributed by atoms with Crippen LogP contribution >= 0.6 is 0 Å². The highest BCUT2D eigenvalue weighted by Crippen LogP contribution is 2.09. The summed E-state index contributed by atoms with van der Waals surface area (Å²) in [5.41, 5.74) is 6.57. The largest absolute Gasteiger partial charge is 0.383 e. The van der Waals surface area contributed by atoms with E-state index in [2.05, 4.69) is 11.2 Å². The van der Waals surface area contributed by atoms with Crippen molar-refractivity contribution in [2.75, 3.05) is 5.73 Å². The van der Waals surface area contributed by atoms with E-state index in [9.17, 15) is 0 Å². The number of hydrogen-bond acceptors (Lipinski definition) is 2. The van der Waals surface area contributed by atoms with Crippen LogP contribution in [0.5, 0.6) is 0 Å². The van der Waals surface area contributed by atoms with Crippen LogP contribution in [0.3, 0.4) is 0 Å². The number of benzene rings is 1. The Labute approximate surface area is 70.4 Å². The number of hydrogen-bond donors (Lipinski definition) is 1. The van der Waals surface area contributed by atoms with E-state index in [-0.39, 0.29) is 0 Å². The maximum atomic E-state index is 5.62. The maximum absolute atomic E-state index is 5.62. The van der Waals surface area contributed by atoms with E-state index in [1.165, 1.54) is 0 Å². The minimum Gasteiger partial charge on any atom is -0.383 e. The molecule has 0 unspecified atom stereocenters. The molecule has 0 atom stereocenters. The maximum Gasteiger partial charge on any atom is 0.135 e. The van der Waals surface area contributed by atoms with Gasteiger partial charge in [-0.05, 0) is 12.1 Å². The van der Waals surface area contributed by atoms with E-state index in [0.717, 1.165) is 5.69 Å². The average Bonchev–Trinajstić information content (AvgIpc) is 2.53. The summed E-state index contributed by atoms with van der Waals surface area (Å²) in [5.74, 6) is 0.529. The molecule has 0 spiro atoms. The molecule has 2 aromatic rings. The zero-order chi connectivity index (χ0) is 8.39. The van der Waals surface area contributed by atoms with Crippen LogP contribution in [-0.4, -0.2) is 9.78 Å². The molecular formula is C9H8N3. The highest BCUT2D eigenvalue weighted by Gasteiger charge is 1.98. The van der Waals surface area contributed by atoms with Crippen molar-refractivity contribution in [2.45, 2.75) is 0 Å². The Bertz CT molecular complexity index is 364. The van der Waals surface area contributed by atoms with Gasteiger partial charge in [0.15, 0.2) is 0 Å². The summed E-state index contributed by atoms with van der Waals surface area (Å²) >= 11 is 0. The summed E-state index contributed by atoms with van der Waals surface area (Å²) < 4.78 is 1.64. The lowest BCUT2D eigenvalue weighted by Crippen LogP contribution is -2.00. The highest BCUT2D eigenvalue weighted by atomic mass is 15.3. The van der Waals surface area contributed by atoms with Crippen molar-refractivity contribution in [2.24, 2.45) is 0 Å². The first-order chi connectivity index (χ1) is 5.88. The molecule has 0 saturated heterocycles. The highest BCUT2D eigenvalue weighted by molar-refractivity contribution is 5.39. The lowest BCUT2D eigenvalue weighted by atomic mass is 10.3. The van der Waals surface area contributed by atoms with E-state index < -0.39 is 0 Å². The Hall–Kier alpha value is -1.77. The van der Waals surface area contributed by atoms with Crippen molar-refractivity contribution < 1.29 is 0 Å². The third-order valence-electron chi connectivity index (χ3n) is 1.61. The van der Waals surface area contributed by atoms with Crippen LogP contribution in [0.4, 0.5) is 5.82 Å². The molecule has 0 aliphatic carbocycles. The standard InChI is InChI=1S/C9H8N3/c10-9-6-7-11-12(9)8-4-2-1-3-5-8/h1-5,7H,10H2. The van der Waals surface area contributed by atoms with Gasteiger partial charge in [0.1, 0.15) is 5.82 Å². The van der Waals surface area contributed by atoms with Gasteiger partial charge in [-0.2, -0.15) is 5.10 Å². The van der Waals surface area contributed by atoms with Gasteiger partial charge >= 0.3 is 0 Å². The number of nitrogens with two attached hydrogens (primary N) is 1. The van der Waals surface area contributed by atoms with Crippen molar-refractivity contribution in [3.8, 4) is 5.69 Å². The van der Waals surface area contributed by atoms with E-state index >= 15 is 0 Å². The molecule has 0 fully saturated rings. The number of para-hydroxylation sites is 1. The Morgan fingerprint density at radius 3 is 2.58 bits per heavy atom. The van der Waals surface area contributed by atoms with E-state index in [1.54, 1.807) is 10.9 Å². The van der Waals surface area contributed by atoms with Gasteiger partial charge in [0.2, 0.25) is 0 Å². The second kappa shape index (κ2) is 2.70. The molecule has 1 aromatic heterocycles. The lowest BCUT2D eigenvalue weighted by Gasteiger charge is -2.01. The van der Waals surface area contributed by atoms with Crippen LogP contribution in [0.25, 0.3) is 5.69 Å². The van der Waals surface area contributed by atoms with Gasteiger partial charge in [0, 0.05) is 6.07 Å². The molecule has 1 heterocycles. The fraction of sp³-hybridized carbons (Fsp3) is 0. The normalized spacial score (nSPS) is 10.0. The third-order valence-corrected chi connectivity index (χ3v) is 1.61. The van der Waals surface area contributed by atoms with Crippen molar-refractivity contribution >= 4 is 5.82 Å². The summed E-state index contributed by atoms with van der Waals surface area (Å²) in [6, 6.07) is 12.5. The van der Waals surface area contributed by atoms with Gasteiger partial charge in [-0.15, -0.1) is 0 Å². The summed E-state index contributed by atoms with van der Waals surface area (Å²) in [4.78, 5) is 0. The number of nitrogens with zero attached hydrogens (tertiary/aromatic N) is 2. The monoisotopic (exact) mass is 158 g/mol. The Morgan fingerprint density at radius 1 is 1.25 bits per heavy atom. The number of aromatic nitrogens is 2. The minimum absolute atomic E-state index is 0.529. The van der Waals surface area contributed by atoms with Crippen LogP contribution in [0, 0.1) is 6.07 Å². The van der Waals surface area contributed by atoms with E-state index in [1.807, 2.05) is 30.3 Å². The van der Waals surface area contributed by atoms with Gasteiger partial charge in [-0.1, -0.05) is 18.2 Å². The van der Waals surface area contributed by atoms with Gasteiger partial charge in [-0.25, -0.2) is 4.68 Å². The number of anilines is 1. The Balaban J connectivity index is 2.51. The predicted octanol–water partition coefficient (Wildman–Crippen LogP) is 1.25. The number of rotatable bonds is 1. The summed E-state index contributed by atoms with van der Waals surface area (Å²) in [5, 5.41) is 4.02. The molecular weight excluding hydrogens is 150 g/mol.